The fourth-order valence-corrected chi connectivity index (χ4v) is 4.88. The average Bonchev–Trinajstić information content (AvgIpc) is 3.27. The van der Waals surface area contributed by atoms with Crippen LogP contribution in [0.15, 0.2) is 66.3 Å². The Kier molecular flexibility index (Phi) is 7.39. The van der Waals surface area contributed by atoms with Gasteiger partial charge in [0.2, 0.25) is 0 Å². The highest BCUT2D eigenvalue weighted by molar-refractivity contribution is 5.63. The molecular weight excluding hydrogens is 473 g/mol. The van der Waals surface area contributed by atoms with Gasteiger partial charge >= 0.3 is 0 Å². The number of halogens is 3. The summed E-state index contributed by atoms with van der Waals surface area (Å²) in [7, 11) is 1.46. The van der Waals surface area contributed by atoms with Crippen molar-refractivity contribution in [3.05, 3.63) is 83.4 Å². The molecule has 1 fully saturated rings. The van der Waals surface area contributed by atoms with Crippen molar-refractivity contribution in [2.75, 3.05) is 20.3 Å². The maximum Gasteiger partial charge on any atom is 0.191 e. The lowest BCUT2D eigenvalue weighted by Crippen LogP contribution is -2.60. The Morgan fingerprint density at radius 3 is 2.72 bits per heavy atom. The molecule has 0 spiro atoms. The second kappa shape index (κ2) is 10.3. The van der Waals surface area contributed by atoms with Gasteiger partial charge in [-0.15, -0.1) is 0 Å². The molecule has 10 heteroatoms. The Bertz CT molecular complexity index is 1250. The monoisotopic (exact) mass is 502 g/mol. The summed E-state index contributed by atoms with van der Waals surface area (Å²) >= 11 is 0. The second-order valence-corrected chi connectivity index (χ2v) is 8.92. The van der Waals surface area contributed by atoms with Crippen molar-refractivity contribution in [2.24, 2.45) is 11.8 Å². The molecule has 0 saturated carbocycles. The molecule has 1 aliphatic heterocycles. The number of likely N-dealkylation sites (tertiary alicyclic amines) is 1. The van der Waals surface area contributed by atoms with E-state index in [1.54, 1.807) is 34.7 Å². The van der Waals surface area contributed by atoms with Gasteiger partial charge in [0.05, 0.1) is 25.7 Å². The number of aliphatic hydroxyl groups is 1. The first-order valence-corrected chi connectivity index (χ1v) is 11.5. The van der Waals surface area contributed by atoms with Gasteiger partial charge in [-0.25, -0.2) is 24.1 Å². The highest BCUT2D eigenvalue weighted by Crippen LogP contribution is 2.42. The maximum absolute atomic E-state index is 15.2. The Morgan fingerprint density at radius 2 is 2.11 bits per heavy atom. The zero-order chi connectivity index (χ0) is 26.0. The summed E-state index contributed by atoms with van der Waals surface area (Å²) in [6.45, 7) is 5.72. The summed E-state index contributed by atoms with van der Waals surface area (Å²) in [6, 6.07) is 3.08. The summed E-state index contributed by atoms with van der Waals surface area (Å²) in [4.78, 5) is 11.0. The fraction of sp³-hybridized carbons (Fsp3) is 0.346. The molecule has 2 atom stereocenters. The lowest BCUT2D eigenvalue weighted by atomic mass is 9.85. The third-order valence-corrected chi connectivity index (χ3v) is 6.64. The van der Waals surface area contributed by atoms with E-state index in [9.17, 15) is 13.9 Å². The van der Waals surface area contributed by atoms with Crippen LogP contribution in [0.2, 0.25) is 0 Å². The third-order valence-electron chi connectivity index (χ3n) is 6.64. The SMILES string of the molecule is C=C1/C(=C/c2cc(F)c(-n3cnc(C)c3)c(OC)c2)CCCN1C(CO)(ON)C1C=C(F)C=C(F)C1. The number of aliphatic hydroxyl groups excluding tert-OH is 1. The maximum atomic E-state index is 15.2. The molecule has 0 radical (unpaired) electrons. The Hall–Kier alpha value is -3.34. The molecule has 7 nitrogen and oxygen atoms in total. The van der Waals surface area contributed by atoms with Crippen LogP contribution in [-0.4, -0.2) is 45.5 Å². The zero-order valence-corrected chi connectivity index (χ0v) is 20.2. The topological polar surface area (TPSA) is 85.8 Å². The minimum atomic E-state index is -1.63. The smallest absolute Gasteiger partial charge is 0.191 e. The molecule has 0 amide bonds. The molecule has 2 heterocycles. The van der Waals surface area contributed by atoms with Gasteiger partial charge in [-0.3, -0.25) is 4.84 Å². The van der Waals surface area contributed by atoms with Gasteiger partial charge in [0, 0.05) is 36.9 Å². The summed E-state index contributed by atoms with van der Waals surface area (Å²) in [5.74, 6) is 3.10. The lowest BCUT2D eigenvalue weighted by molar-refractivity contribution is -0.196. The van der Waals surface area contributed by atoms with Crippen LogP contribution in [0.4, 0.5) is 13.2 Å². The van der Waals surface area contributed by atoms with Crippen molar-refractivity contribution < 1.29 is 27.9 Å². The van der Waals surface area contributed by atoms with Crippen LogP contribution in [0.1, 0.15) is 30.5 Å². The van der Waals surface area contributed by atoms with Crippen LogP contribution in [0.3, 0.4) is 0 Å². The number of hydrogen-bond acceptors (Lipinski definition) is 6. The van der Waals surface area contributed by atoms with E-state index in [0.717, 1.165) is 17.3 Å². The molecule has 1 aromatic carbocycles. The summed E-state index contributed by atoms with van der Waals surface area (Å²) in [5, 5.41) is 10.3. The van der Waals surface area contributed by atoms with Crippen LogP contribution >= 0.6 is 0 Å². The number of nitrogens with zero attached hydrogens (tertiary/aromatic N) is 3. The minimum absolute atomic E-state index is 0.189. The Labute approximate surface area is 207 Å². The van der Waals surface area contributed by atoms with Crippen LogP contribution in [0.5, 0.6) is 5.75 Å². The Balaban J connectivity index is 1.69. The molecule has 36 heavy (non-hydrogen) atoms. The van der Waals surface area contributed by atoms with Crippen molar-refractivity contribution in [1.82, 2.24) is 14.5 Å². The predicted octanol–water partition coefficient (Wildman–Crippen LogP) is 4.63. The summed E-state index contributed by atoms with van der Waals surface area (Å²) in [6.07, 6.45) is 8.00. The molecule has 192 valence electrons. The molecule has 2 unspecified atom stereocenters. The first-order valence-electron chi connectivity index (χ1n) is 11.5. The minimum Gasteiger partial charge on any atom is -0.494 e. The van der Waals surface area contributed by atoms with Crippen molar-refractivity contribution in [1.29, 1.82) is 0 Å². The standard InChI is InChI=1S/C26H29F3N4O3/c1-16-13-32(15-31-16)25-23(29)8-18(9-24(25)35-3)7-19-5-4-6-33(17(19)2)26(14-34,36-30)20-10-21(27)12-22(28)11-20/h7-10,12-13,15,20,34H,2,4-6,11,14,30H2,1,3H3/b19-7+. The number of aryl methyl sites for hydroxylation is 1. The van der Waals surface area contributed by atoms with Crippen LogP contribution in [-0.2, 0) is 4.84 Å². The van der Waals surface area contributed by atoms with E-state index in [1.165, 1.54) is 25.6 Å². The Morgan fingerprint density at radius 1 is 1.33 bits per heavy atom. The molecule has 2 aromatic rings. The number of piperidine rings is 1. The first-order chi connectivity index (χ1) is 17.2. The third kappa shape index (κ3) is 4.71. The number of aromatic nitrogens is 2. The van der Waals surface area contributed by atoms with E-state index in [0.29, 0.717) is 36.4 Å². The van der Waals surface area contributed by atoms with Crippen LogP contribution in [0.25, 0.3) is 11.8 Å². The van der Waals surface area contributed by atoms with Gasteiger partial charge in [0.25, 0.3) is 0 Å². The fourth-order valence-electron chi connectivity index (χ4n) is 4.88. The van der Waals surface area contributed by atoms with Crippen molar-refractivity contribution in [3.8, 4) is 11.4 Å². The number of imidazole rings is 1. The zero-order valence-electron chi connectivity index (χ0n) is 20.2. The largest absolute Gasteiger partial charge is 0.494 e. The van der Waals surface area contributed by atoms with Crippen LogP contribution < -0.4 is 10.6 Å². The molecule has 1 aromatic heterocycles. The van der Waals surface area contributed by atoms with E-state index < -0.39 is 35.7 Å². The van der Waals surface area contributed by atoms with Crippen molar-refractivity contribution >= 4 is 6.08 Å². The normalized spacial score (nSPS) is 21.3. The quantitative estimate of drug-likeness (QED) is 0.537. The van der Waals surface area contributed by atoms with Gasteiger partial charge in [-0.2, -0.15) is 0 Å². The summed E-state index contributed by atoms with van der Waals surface area (Å²) < 4.78 is 50.3. The number of ether oxygens (including phenoxy) is 1. The molecule has 1 saturated heterocycles. The molecule has 0 bridgehead atoms. The highest BCUT2D eigenvalue weighted by atomic mass is 19.1. The highest BCUT2D eigenvalue weighted by Gasteiger charge is 2.47. The molecule has 1 aliphatic carbocycles. The second-order valence-electron chi connectivity index (χ2n) is 8.92. The predicted molar refractivity (Wildman–Crippen MR) is 129 cm³/mol. The van der Waals surface area contributed by atoms with Crippen LogP contribution in [0, 0.1) is 18.7 Å². The van der Waals surface area contributed by atoms with Crippen molar-refractivity contribution in [2.45, 2.75) is 31.9 Å². The first kappa shape index (κ1) is 25.7. The van der Waals surface area contributed by atoms with E-state index in [4.69, 9.17) is 15.5 Å². The number of benzene rings is 1. The number of rotatable bonds is 7. The van der Waals surface area contributed by atoms with Gasteiger partial charge < -0.3 is 19.3 Å². The number of methoxy groups -OCH3 is 1. The lowest BCUT2D eigenvalue weighted by Gasteiger charge is -2.49. The van der Waals surface area contributed by atoms with E-state index in [2.05, 4.69) is 11.6 Å². The van der Waals surface area contributed by atoms with Gasteiger partial charge in [0.1, 0.15) is 23.1 Å². The molecule has 3 N–H and O–H groups in total. The number of allylic oxidation sites excluding steroid dienone is 4. The average molecular weight is 503 g/mol. The van der Waals surface area contributed by atoms with Gasteiger partial charge in [0.15, 0.2) is 11.5 Å². The number of nitrogens with two attached hydrogens (primary N) is 1. The van der Waals surface area contributed by atoms with E-state index >= 15 is 4.39 Å². The number of hydrogen-bond donors (Lipinski definition) is 2. The van der Waals surface area contributed by atoms with E-state index in [1.807, 2.05) is 0 Å². The van der Waals surface area contributed by atoms with E-state index in [-0.39, 0.29) is 12.1 Å². The summed E-state index contributed by atoms with van der Waals surface area (Å²) in [5.41, 5.74) is 1.06. The molecule has 4 rings (SSSR count). The molecule has 2 aliphatic rings. The van der Waals surface area contributed by atoms with Crippen molar-refractivity contribution in [3.63, 3.8) is 0 Å². The van der Waals surface area contributed by atoms with Gasteiger partial charge in [-0.05, 0) is 55.2 Å². The molecular formula is C26H29F3N4O3. The van der Waals surface area contributed by atoms with Gasteiger partial charge in [-0.1, -0.05) is 6.58 Å².